The van der Waals surface area contributed by atoms with Gasteiger partial charge in [-0.2, -0.15) is 4.72 Å². The Morgan fingerprint density at radius 1 is 1.42 bits per heavy atom. The first-order valence-electron chi connectivity index (χ1n) is 5.57. The smallest absolute Gasteiger partial charge is 0.324 e. The monoisotopic (exact) mass is 288 g/mol. The second-order valence-corrected chi connectivity index (χ2v) is 5.92. The Hall–Kier alpha value is -1.67. The van der Waals surface area contributed by atoms with Crippen LogP contribution in [0.4, 0.5) is 0 Å². The Morgan fingerprint density at radius 2 is 2.05 bits per heavy atom. The van der Waals surface area contributed by atoms with Crippen LogP contribution in [0, 0.1) is 5.92 Å². The molecule has 2 N–H and O–H groups in total. The van der Waals surface area contributed by atoms with Crippen LogP contribution in [0.3, 0.4) is 0 Å². The largest absolute Gasteiger partial charge is 0.468 e. The number of H-pyrrole nitrogens is 1. The van der Waals surface area contributed by atoms with Crippen LogP contribution in [0.5, 0.6) is 0 Å². The zero-order valence-electron chi connectivity index (χ0n) is 10.8. The predicted molar refractivity (Wildman–Crippen MR) is 68.0 cm³/mol. The topological polar surface area (TPSA) is 105 Å². The quantitative estimate of drug-likeness (QED) is 0.733. The molecular formula is C11H16N2O5S. The molecule has 0 aliphatic rings. The maximum atomic E-state index is 12.0. The molecule has 0 amide bonds. The van der Waals surface area contributed by atoms with Crippen molar-refractivity contribution in [3.8, 4) is 0 Å². The van der Waals surface area contributed by atoms with E-state index in [9.17, 15) is 18.0 Å². The molecule has 1 aromatic rings. The SMILES string of the molecule is COC(=O)C(NS(=O)(=O)c1c[nH]ccc1=O)C(C)C. The fourth-order valence-corrected chi connectivity index (χ4v) is 2.81. The summed E-state index contributed by atoms with van der Waals surface area (Å²) in [6, 6.07) is 0.0477. The van der Waals surface area contributed by atoms with Gasteiger partial charge >= 0.3 is 5.97 Å². The van der Waals surface area contributed by atoms with Crippen LogP contribution in [-0.2, 0) is 19.6 Å². The van der Waals surface area contributed by atoms with Gasteiger partial charge in [0.25, 0.3) is 0 Å². The molecule has 0 aliphatic heterocycles. The van der Waals surface area contributed by atoms with Crippen LogP contribution >= 0.6 is 0 Å². The summed E-state index contributed by atoms with van der Waals surface area (Å²) in [5.41, 5.74) is -0.654. The lowest BCUT2D eigenvalue weighted by molar-refractivity contribution is -0.143. The van der Waals surface area contributed by atoms with Crippen molar-refractivity contribution >= 4 is 16.0 Å². The molecule has 7 nitrogen and oxygen atoms in total. The zero-order valence-corrected chi connectivity index (χ0v) is 11.7. The van der Waals surface area contributed by atoms with Crippen molar-refractivity contribution < 1.29 is 17.9 Å². The Morgan fingerprint density at radius 3 is 2.53 bits per heavy atom. The maximum absolute atomic E-state index is 12.0. The lowest BCUT2D eigenvalue weighted by atomic mass is 10.1. The van der Waals surface area contributed by atoms with Crippen LogP contribution in [0.25, 0.3) is 0 Å². The van der Waals surface area contributed by atoms with Crippen molar-refractivity contribution in [1.82, 2.24) is 9.71 Å². The molecule has 8 heteroatoms. The lowest BCUT2D eigenvalue weighted by Crippen LogP contribution is -2.45. The van der Waals surface area contributed by atoms with E-state index in [0.717, 1.165) is 12.3 Å². The number of aromatic nitrogens is 1. The minimum atomic E-state index is -4.08. The van der Waals surface area contributed by atoms with Crippen LogP contribution in [-0.4, -0.2) is 32.5 Å². The molecule has 0 saturated heterocycles. The molecule has 1 unspecified atom stereocenters. The number of pyridine rings is 1. The molecule has 0 saturated carbocycles. The number of aromatic amines is 1. The number of methoxy groups -OCH3 is 1. The minimum Gasteiger partial charge on any atom is -0.468 e. The number of carbonyl (C=O) groups excluding carboxylic acids is 1. The van der Waals surface area contributed by atoms with Crippen molar-refractivity contribution in [3.63, 3.8) is 0 Å². The number of hydrogen-bond donors (Lipinski definition) is 2. The second-order valence-electron chi connectivity index (χ2n) is 4.24. The number of esters is 1. The van der Waals surface area contributed by atoms with Crippen LogP contribution in [0.15, 0.2) is 28.2 Å². The van der Waals surface area contributed by atoms with Crippen LogP contribution < -0.4 is 10.2 Å². The summed E-state index contributed by atoms with van der Waals surface area (Å²) in [5, 5.41) is 0. The number of ether oxygens (including phenoxy) is 1. The maximum Gasteiger partial charge on any atom is 0.324 e. The van der Waals surface area contributed by atoms with Gasteiger partial charge < -0.3 is 9.72 Å². The Balaban J connectivity index is 3.12. The predicted octanol–water partition coefficient (Wildman–Crippen LogP) is -0.149. The first-order chi connectivity index (χ1) is 8.79. The van der Waals surface area contributed by atoms with Gasteiger partial charge in [-0.25, -0.2) is 8.42 Å². The molecule has 0 radical (unpaired) electrons. The Bertz CT molecular complexity index is 606. The molecular weight excluding hydrogens is 272 g/mol. The molecule has 1 heterocycles. The van der Waals surface area contributed by atoms with Crippen LogP contribution in [0.2, 0.25) is 0 Å². The summed E-state index contributed by atoms with van der Waals surface area (Å²) < 4.78 is 30.8. The van der Waals surface area contributed by atoms with Gasteiger partial charge in [-0.3, -0.25) is 9.59 Å². The van der Waals surface area contributed by atoms with E-state index in [0.29, 0.717) is 0 Å². The van der Waals surface area contributed by atoms with Gasteiger partial charge in [0.2, 0.25) is 15.5 Å². The summed E-state index contributed by atoms with van der Waals surface area (Å²) in [6.07, 6.45) is 2.39. The zero-order chi connectivity index (χ0) is 14.6. The number of nitrogens with one attached hydrogen (secondary N) is 2. The molecule has 106 valence electrons. The molecule has 1 atom stereocenters. The van der Waals surface area contributed by atoms with Gasteiger partial charge in [0.1, 0.15) is 10.9 Å². The summed E-state index contributed by atoms with van der Waals surface area (Å²) in [5.74, 6) is -1.02. The molecule has 1 aromatic heterocycles. The average molecular weight is 288 g/mol. The molecule has 0 aromatic carbocycles. The van der Waals surface area contributed by atoms with E-state index in [-0.39, 0.29) is 5.92 Å². The number of sulfonamides is 1. The van der Waals surface area contributed by atoms with Crippen molar-refractivity contribution in [2.24, 2.45) is 5.92 Å². The number of rotatable bonds is 5. The molecule has 0 fully saturated rings. The summed E-state index contributed by atoms with van der Waals surface area (Å²) in [4.78, 5) is 25.1. The van der Waals surface area contributed by atoms with Gasteiger partial charge in [-0.1, -0.05) is 13.8 Å². The van der Waals surface area contributed by atoms with Gasteiger partial charge in [0.15, 0.2) is 0 Å². The van der Waals surface area contributed by atoms with E-state index in [4.69, 9.17) is 0 Å². The highest BCUT2D eigenvalue weighted by molar-refractivity contribution is 7.89. The van der Waals surface area contributed by atoms with Gasteiger partial charge in [-0.15, -0.1) is 0 Å². The van der Waals surface area contributed by atoms with Gasteiger partial charge in [0.05, 0.1) is 7.11 Å². The van der Waals surface area contributed by atoms with Crippen molar-refractivity contribution in [3.05, 3.63) is 28.7 Å². The van der Waals surface area contributed by atoms with Crippen molar-refractivity contribution in [2.75, 3.05) is 7.11 Å². The summed E-state index contributed by atoms with van der Waals surface area (Å²) in [7, 11) is -2.92. The highest BCUT2D eigenvalue weighted by atomic mass is 32.2. The highest BCUT2D eigenvalue weighted by Gasteiger charge is 2.30. The third kappa shape index (κ3) is 3.65. The molecule has 19 heavy (non-hydrogen) atoms. The lowest BCUT2D eigenvalue weighted by Gasteiger charge is -2.19. The first-order valence-corrected chi connectivity index (χ1v) is 7.05. The fraction of sp³-hybridized carbons (Fsp3) is 0.455. The standard InChI is InChI=1S/C11H16N2O5S/c1-7(2)10(11(15)18-3)13-19(16,17)9-6-12-5-4-8(9)14/h4-7,10,13H,1-3H3,(H,12,14). The second kappa shape index (κ2) is 5.98. The molecule has 0 bridgehead atoms. The first kappa shape index (κ1) is 15.4. The van der Waals surface area contributed by atoms with E-state index in [1.807, 2.05) is 0 Å². The van der Waals surface area contributed by atoms with Crippen molar-refractivity contribution in [1.29, 1.82) is 0 Å². The van der Waals surface area contributed by atoms with E-state index in [1.54, 1.807) is 13.8 Å². The fourth-order valence-electron chi connectivity index (χ4n) is 1.42. The molecule has 0 aliphatic carbocycles. The average Bonchev–Trinajstić information content (AvgIpc) is 2.35. The highest BCUT2D eigenvalue weighted by Crippen LogP contribution is 2.09. The van der Waals surface area contributed by atoms with E-state index >= 15 is 0 Å². The van der Waals surface area contributed by atoms with Crippen LogP contribution in [0.1, 0.15) is 13.8 Å². The number of hydrogen-bond acceptors (Lipinski definition) is 5. The Kier molecular flexibility index (Phi) is 4.84. The summed E-state index contributed by atoms with van der Waals surface area (Å²) in [6.45, 7) is 3.33. The third-order valence-corrected chi connectivity index (χ3v) is 3.94. The molecule has 0 spiro atoms. The van der Waals surface area contributed by atoms with Gasteiger partial charge in [0, 0.05) is 18.5 Å². The normalized spacial score (nSPS) is 13.3. The summed E-state index contributed by atoms with van der Waals surface area (Å²) >= 11 is 0. The van der Waals surface area contributed by atoms with E-state index in [1.165, 1.54) is 13.3 Å². The third-order valence-electron chi connectivity index (χ3n) is 2.48. The molecule has 1 rings (SSSR count). The van der Waals surface area contributed by atoms with E-state index in [2.05, 4.69) is 14.4 Å². The minimum absolute atomic E-state index is 0.315. The number of carbonyl (C=O) groups is 1. The van der Waals surface area contributed by atoms with E-state index < -0.39 is 32.4 Å². The van der Waals surface area contributed by atoms with Crippen molar-refractivity contribution in [2.45, 2.75) is 24.8 Å². The Labute approximate surface area is 111 Å². The van der Waals surface area contributed by atoms with Gasteiger partial charge in [-0.05, 0) is 5.92 Å².